The molecule has 0 bridgehead atoms. The SMILES string of the molecule is CCNN=CCNc1ccc(CCc2csc(NC(C)=O)n2)cc1. The molecule has 0 aliphatic heterocycles. The van der Waals surface area contributed by atoms with Crippen molar-refractivity contribution in [2.75, 3.05) is 23.7 Å². The lowest BCUT2D eigenvalue weighted by atomic mass is 10.1. The minimum absolute atomic E-state index is 0.0884. The van der Waals surface area contributed by atoms with Crippen LogP contribution < -0.4 is 16.1 Å². The number of aryl methyl sites for hydroxylation is 2. The Morgan fingerprint density at radius 2 is 2.08 bits per heavy atom. The maximum absolute atomic E-state index is 11.0. The minimum Gasteiger partial charge on any atom is -0.380 e. The van der Waals surface area contributed by atoms with E-state index in [1.54, 1.807) is 0 Å². The van der Waals surface area contributed by atoms with Crippen LogP contribution in [0.15, 0.2) is 34.7 Å². The highest BCUT2D eigenvalue weighted by atomic mass is 32.1. The van der Waals surface area contributed by atoms with Crippen molar-refractivity contribution in [2.24, 2.45) is 5.10 Å². The van der Waals surface area contributed by atoms with Crippen LogP contribution in [0.3, 0.4) is 0 Å². The molecule has 1 aromatic carbocycles. The summed E-state index contributed by atoms with van der Waals surface area (Å²) in [5, 5.41) is 12.7. The zero-order valence-corrected chi connectivity index (χ0v) is 14.8. The lowest BCUT2D eigenvalue weighted by molar-refractivity contribution is -0.114. The molecule has 0 aliphatic carbocycles. The van der Waals surface area contributed by atoms with E-state index in [-0.39, 0.29) is 5.91 Å². The Balaban J connectivity index is 1.77. The number of nitrogens with zero attached hydrogens (tertiary/aromatic N) is 2. The molecule has 1 heterocycles. The monoisotopic (exact) mass is 345 g/mol. The van der Waals surface area contributed by atoms with Crippen LogP contribution >= 0.6 is 11.3 Å². The molecule has 6 nitrogen and oxygen atoms in total. The lowest BCUT2D eigenvalue weighted by Gasteiger charge is -2.05. The molecule has 0 spiro atoms. The van der Waals surface area contributed by atoms with Crippen molar-refractivity contribution in [1.82, 2.24) is 10.4 Å². The molecule has 1 amide bonds. The molecular weight excluding hydrogens is 322 g/mol. The molecule has 3 N–H and O–H groups in total. The van der Waals surface area contributed by atoms with Crippen molar-refractivity contribution in [3.05, 3.63) is 40.9 Å². The van der Waals surface area contributed by atoms with Crippen LogP contribution in [0.4, 0.5) is 10.8 Å². The van der Waals surface area contributed by atoms with E-state index in [2.05, 4.69) is 50.4 Å². The van der Waals surface area contributed by atoms with Gasteiger partial charge < -0.3 is 16.1 Å². The molecule has 1 aromatic heterocycles. The fourth-order valence-corrected chi connectivity index (χ4v) is 2.85. The number of aromatic nitrogens is 1. The molecule has 24 heavy (non-hydrogen) atoms. The number of carbonyl (C=O) groups excluding carboxylic acids is 1. The van der Waals surface area contributed by atoms with Crippen molar-refractivity contribution < 1.29 is 4.79 Å². The van der Waals surface area contributed by atoms with Crippen molar-refractivity contribution in [1.29, 1.82) is 0 Å². The van der Waals surface area contributed by atoms with Gasteiger partial charge in [0, 0.05) is 30.8 Å². The Bertz CT molecular complexity index is 666. The van der Waals surface area contributed by atoms with Crippen LogP contribution in [0.2, 0.25) is 0 Å². The van der Waals surface area contributed by atoms with Gasteiger partial charge in [0.25, 0.3) is 0 Å². The third-order valence-electron chi connectivity index (χ3n) is 3.20. The van der Waals surface area contributed by atoms with E-state index in [1.807, 2.05) is 18.5 Å². The maximum atomic E-state index is 11.0. The summed E-state index contributed by atoms with van der Waals surface area (Å²) >= 11 is 1.46. The highest BCUT2D eigenvalue weighted by molar-refractivity contribution is 7.13. The number of benzene rings is 1. The summed E-state index contributed by atoms with van der Waals surface area (Å²) in [5.74, 6) is -0.0884. The molecule has 0 radical (unpaired) electrons. The third-order valence-corrected chi connectivity index (χ3v) is 4.00. The summed E-state index contributed by atoms with van der Waals surface area (Å²) in [7, 11) is 0. The molecule has 0 saturated carbocycles. The average Bonchev–Trinajstić information content (AvgIpc) is 3.00. The average molecular weight is 345 g/mol. The Labute approximate surface area is 146 Å². The first-order chi connectivity index (χ1) is 11.7. The van der Waals surface area contributed by atoms with Crippen LogP contribution in [0.1, 0.15) is 25.1 Å². The minimum atomic E-state index is -0.0884. The first-order valence-electron chi connectivity index (χ1n) is 7.96. The molecule has 0 fully saturated rings. The van der Waals surface area contributed by atoms with Crippen LogP contribution in [-0.4, -0.2) is 30.2 Å². The van der Waals surface area contributed by atoms with Gasteiger partial charge in [0.1, 0.15) is 0 Å². The number of rotatable bonds is 9. The maximum Gasteiger partial charge on any atom is 0.223 e. The fraction of sp³-hybridized carbons (Fsp3) is 0.353. The number of amides is 1. The smallest absolute Gasteiger partial charge is 0.223 e. The summed E-state index contributed by atoms with van der Waals surface area (Å²) in [6.45, 7) is 5.02. The second-order valence-corrected chi connectivity index (χ2v) is 6.08. The van der Waals surface area contributed by atoms with Gasteiger partial charge in [-0.25, -0.2) is 4.98 Å². The lowest BCUT2D eigenvalue weighted by Crippen LogP contribution is -2.08. The van der Waals surface area contributed by atoms with Gasteiger partial charge in [-0.3, -0.25) is 4.79 Å². The number of anilines is 2. The molecular formula is C17H23N5OS. The van der Waals surface area contributed by atoms with Gasteiger partial charge in [0.2, 0.25) is 5.91 Å². The van der Waals surface area contributed by atoms with E-state index in [0.29, 0.717) is 11.7 Å². The highest BCUT2D eigenvalue weighted by Crippen LogP contribution is 2.17. The van der Waals surface area contributed by atoms with Gasteiger partial charge in [-0.2, -0.15) is 5.10 Å². The Hall–Kier alpha value is -2.41. The molecule has 0 aliphatic rings. The number of hydrogen-bond donors (Lipinski definition) is 3. The summed E-state index contributed by atoms with van der Waals surface area (Å²) in [5.41, 5.74) is 6.23. The first kappa shape index (κ1) is 17.9. The Kier molecular flexibility index (Phi) is 7.22. The van der Waals surface area contributed by atoms with E-state index in [4.69, 9.17) is 0 Å². The van der Waals surface area contributed by atoms with E-state index in [1.165, 1.54) is 23.8 Å². The standard InChI is InChI=1S/C17H23N5OS/c1-3-19-20-11-10-18-15-7-4-14(5-8-15)6-9-16-12-24-17(22-16)21-13(2)23/h4-5,7-8,11-12,18-19H,3,6,9-10H2,1-2H3,(H,21,22,23). The number of carbonyl (C=O) groups is 1. The summed E-state index contributed by atoms with van der Waals surface area (Å²) < 4.78 is 0. The molecule has 0 saturated heterocycles. The molecule has 2 rings (SSSR count). The van der Waals surface area contributed by atoms with Crippen LogP contribution in [0.5, 0.6) is 0 Å². The molecule has 0 atom stereocenters. The number of hydrazone groups is 1. The van der Waals surface area contributed by atoms with Crippen molar-refractivity contribution in [3.63, 3.8) is 0 Å². The van der Waals surface area contributed by atoms with Crippen molar-refractivity contribution >= 4 is 34.3 Å². The normalized spacial score (nSPS) is 10.8. The van der Waals surface area contributed by atoms with Crippen LogP contribution in [0, 0.1) is 0 Å². The predicted octanol–water partition coefficient (Wildman–Crippen LogP) is 2.89. The Morgan fingerprint density at radius 1 is 1.29 bits per heavy atom. The number of thiazole rings is 1. The third kappa shape index (κ3) is 6.37. The fourth-order valence-electron chi connectivity index (χ4n) is 2.06. The van der Waals surface area contributed by atoms with E-state index >= 15 is 0 Å². The summed E-state index contributed by atoms with van der Waals surface area (Å²) in [4.78, 5) is 15.4. The highest BCUT2D eigenvalue weighted by Gasteiger charge is 2.04. The van der Waals surface area contributed by atoms with Crippen LogP contribution in [0.25, 0.3) is 0 Å². The zero-order valence-electron chi connectivity index (χ0n) is 14.0. The summed E-state index contributed by atoms with van der Waals surface area (Å²) in [6, 6.07) is 8.37. The first-order valence-corrected chi connectivity index (χ1v) is 8.84. The van der Waals surface area contributed by atoms with Gasteiger partial charge >= 0.3 is 0 Å². The van der Waals surface area contributed by atoms with Gasteiger partial charge in [0.05, 0.1) is 12.2 Å². The summed E-state index contributed by atoms with van der Waals surface area (Å²) in [6.07, 6.45) is 3.59. The number of nitrogens with one attached hydrogen (secondary N) is 3. The largest absolute Gasteiger partial charge is 0.380 e. The van der Waals surface area contributed by atoms with Gasteiger partial charge in [0.15, 0.2) is 5.13 Å². The second kappa shape index (κ2) is 9.67. The predicted molar refractivity (Wildman–Crippen MR) is 101 cm³/mol. The van der Waals surface area contributed by atoms with Gasteiger partial charge in [-0.1, -0.05) is 12.1 Å². The topological polar surface area (TPSA) is 78.4 Å². The molecule has 128 valence electrons. The molecule has 0 unspecified atom stereocenters. The van der Waals surface area contributed by atoms with E-state index in [0.717, 1.165) is 30.8 Å². The second-order valence-electron chi connectivity index (χ2n) is 5.23. The van der Waals surface area contributed by atoms with Gasteiger partial charge in [-0.05, 0) is 37.5 Å². The van der Waals surface area contributed by atoms with E-state index in [9.17, 15) is 4.79 Å². The van der Waals surface area contributed by atoms with E-state index < -0.39 is 0 Å². The quantitative estimate of drug-likeness (QED) is 0.482. The zero-order chi connectivity index (χ0) is 17.2. The van der Waals surface area contributed by atoms with Crippen molar-refractivity contribution in [3.8, 4) is 0 Å². The van der Waals surface area contributed by atoms with Crippen LogP contribution in [-0.2, 0) is 17.6 Å². The molecule has 2 aromatic rings. The van der Waals surface area contributed by atoms with Gasteiger partial charge in [-0.15, -0.1) is 11.3 Å². The molecule has 7 heteroatoms. The Morgan fingerprint density at radius 3 is 2.79 bits per heavy atom. The van der Waals surface area contributed by atoms with Crippen molar-refractivity contribution in [2.45, 2.75) is 26.7 Å². The number of hydrogen-bond acceptors (Lipinski definition) is 6.